The first-order valence-electron chi connectivity index (χ1n) is 10.2. The average Bonchev–Trinajstić information content (AvgIpc) is 2.64. The van der Waals surface area contributed by atoms with Gasteiger partial charge in [-0.05, 0) is 63.4 Å². The van der Waals surface area contributed by atoms with Crippen molar-refractivity contribution >= 4 is 12.4 Å². The van der Waals surface area contributed by atoms with Gasteiger partial charge in [0.2, 0.25) is 0 Å². The van der Waals surface area contributed by atoms with Crippen LogP contribution in [0.5, 0.6) is 5.75 Å². The molecule has 0 bridgehead atoms. The van der Waals surface area contributed by atoms with Crippen LogP contribution in [0.2, 0.25) is 0 Å². The summed E-state index contributed by atoms with van der Waals surface area (Å²) in [6.07, 6.45) is 10.4. The zero-order valence-electron chi connectivity index (χ0n) is 16.9. The van der Waals surface area contributed by atoms with E-state index in [4.69, 9.17) is 4.74 Å². The number of hydrogen-bond donors (Lipinski definition) is 1. The van der Waals surface area contributed by atoms with E-state index in [9.17, 15) is 5.11 Å². The molecule has 1 unspecified atom stereocenters. The molecule has 1 aliphatic carbocycles. The summed E-state index contributed by atoms with van der Waals surface area (Å²) < 4.78 is 5.83. The van der Waals surface area contributed by atoms with Gasteiger partial charge in [0.25, 0.3) is 0 Å². The van der Waals surface area contributed by atoms with Gasteiger partial charge < -0.3 is 14.7 Å². The molecule has 26 heavy (non-hydrogen) atoms. The van der Waals surface area contributed by atoms with Gasteiger partial charge in [-0.3, -0.25) is 0 Å². The standard InChI is InChI=1S/C22H37NO2.ClH/c1-4-5-9-18-25-21-14-12-20(13-15-21)22(24,16-17-23(2)3)19-10-7-6-8-11-19;/h12-15,19,24H,4-11,16-18H2,1-3H3;1H. The maximum absolute atomic E-state index is 11.6. The van der Waals surface area contributed by atoms with Crippen molar-refractivity contribution in [2.75, 3.05) is 27.2 Å². The van der Waals surface area contributed by atoms with Gasteiger partial charge in [0.05, 0.1) is 12.2 Å². The Morgan fingerprint density at radius 1 is 1.08 bits per heavy atom. The van der Waals surface area contributed by atoms with Crippen molar-refractivity contribution in [3.8, 4) is 5.75 Å². The second-order valence-electron chi connectivity index (χ2n) is 7.89. The molecule has 150 valence electrons. The summed E-state index contributed by atoms with van der Waals surface area (Å²) in [6.45, 7) is 3.89. The number of halogens is 1. The molecule has 0 saturated heterocycles. The Bertz CT molecular complexity index is 485. The molecule has 1 aliphatic rings. The molecule has 4 heteroatoms. The summed E-state index contributed by atoms with van der Waals surface area (Å²) in [7, 11) is 4.16. The summed E-state index contributed by atoms with van der Waals surface area (Å²) in [5.74, 6) is 1.29. The zero-order valence-corrected chi connectivity index (χ0v) is 17.7. The molecule has 1 saturated carbocycles. The molecule has 1 aromatic carbocycles. The first-order chi connectivity index (χ1) is 12.1. The summed E-state index contributed by atoms with van der Waals surface area (Å²) in [6, 6.07) is 8.23. The topological polar surface area (TPSA) is 32.7 Å². The molecule has 2 rings (SSSR count). The summed E-state index contributed by atoms with van der Waals surface area (Å²) >= 11 is 0. The second kappa shape index (κ2) is 11.8. The number of benzene rings is 1. The Hall–Kier alpha value is -0.770. The van der Waals surface area contributed by atoms with Crippen molar-refractivity contribution in [1.82, 2.24) is 4.90 Å². The van der Waals surface area contributed by atoms with Gasteiger partial charge in [-0.15, -0.1) is 12.4 Å². The molecule has 1 N–H and O–H groups in total. The maximum atomic E-state index is 11.6. The SMILES string of the molecule is CCCCCOc1ccc(C(O)(CCN(C)C)C2CCCCC2)cc1.Cl. The highest BCUT2D eigenvalue weighted by atomic mass is 35.5. The Balaban J connectivity index is 0.00000338. The van der Waals surface area contributed by atoms with Crippen molar-refractivity contribution in [2.24, 2.45) is 5.92 Å². The number of hydrogen-bond acceptors (Lipinski definition) is 3. The van der Waals surface area contributed by atoms with E-state index in [1.807, 2.05) is 12.1 Å². The normalized spacial score (nSPS) is 17.6. The Morgan fingerprint density at radius 2 is 1.73 bits per heavy atom. The monoisotopic (exact) mass is 383 g/mol. The first kappa shape index (κ1) is 23.3. The third-order valence-electron chi connectivity index (χ3n) is 5.59. The van der Waals surface area contributed by atoms with Crippen LogP contribution >= 0.6 is 12.4 Å². The molecular formula is C22H38ClNO2. The van der Waals surface area contributed by atoms with E-state index in [2.05, 4.69) is 38.1 Å². The minimum Gasteiger partial charge on any atom is -0.494 e. The summed E-state index contributed by atoms with van der Waals surface area (Å²) in [4.78, 5) is 2.17. The molecule has 0 aliphatic heterocycles. The van der Waals surface area contributed by atoms with Crippen LogP contribution in [0.3, 0.4) is 0 Å². The van der Waals surface area contributed by atoms with Gasteiger partial charge >= 0.3 is 0 Å². The molecule has 1 fully saturated rings. The van der Waals surface area contributed by atoms with Crippen molar-refractivity contribution < 1.29 is 9.84 Å². The van der Waals surface area contributed by atoms with Gasteiger partial charge in [0, 0.05) is 6.54 Å². The lowest BCUT2D eigenvalue weighted by Crippen LogP contribution is -2.39. The Morgan fingerprint density at radius 3 is 2.31 bits per heavy atom. The van der Waals surface area contributed by atoms with E-state index >= 15 is 0 Å². The van der Waals surface area contributed by atoms with Gasteiger partial charge in [-0.2, -0.15) is 0 Å². The number of rotatable bonds is 10. The van der Waals surface area contributed by atoms with E-state index in [0.717, 1.165) is 50.1 Å². The van der Waals surface area contributed by atoms with Crippen LogP contribution in [0, 0.1) is 5.92 Å². The third kappa shape index (κ3) is 6.75. The quantitative estimate of drug-likeness (QED) is 0.549. The molecule has 0 aromatic heterocycles. The summed E-state index contributed by atoms with van der Waals surface area (Å²) in [5, 5.41) is 11.6. The van der Waals surface area contributed by atoms with Crippen LogP contribution in [-0.4, -0.2) is 37.3 Å². The third-order valence-corrected chi connectivity index (χ3v) is 5.59. The second-order valence-corrected chi connectivity index (χ2v) is 7.89. The van der Waals surface area contributed by atoms with Gasteiger partial charge in [0.1, 0.15) is 5.75 Å². The highest BCUT2D eigenvalue weighted by Gasteiger charge is 2.38. The number of aliphatic hydroxyl groups is 1. The summed E-state index contributed by atoms with van der Waals surface area (Å²) in [5.41, 5.74) is 0.341. The Kier molecular flexibility index (Phi) is 10.6. The van der Waals surface area contributed by atoms with Crippen LogP contribution in [-0.2, 0) is 5.60 Å². The molecule has 1 atom stereocenters. The van der Waals surface area contributed by atoms with E-state index in [-0.39, 0.29) is 12.4 Å². The van der Waals surface area contributed by atoms with E-state index in [0.29, 0.717) is 5.92 Å². The smallest absolute Gasteiger partial charge is 0.119 e. The molecule has 1 aromatic rings. The lowest BCUT2D eigenvalue weighted by Gasteiger charge is -2.40. The average molecular weight is 384 g/mol. The molecule has 3 nitrogen and oxygen atoms in total. The fourth-order valence-corrected chi connectivity index (χ4v) is 3.94. The van der Waals surface area contributed by atoms with Gasteiger partial charge in [-0.25, -0.2) is 0 Å². The minimum absolute atomic E-state index is 0. The predicted molar refractivity (Wildman–Crippen MR) is 112 cm³/mol. The predicted octanol–water partition coefficient (Wildman–Crippen LogP) is 5.40. The van der Waals surface area contributed by atoms with Crippen LogP contribution in [0.4, 0.5) is 0 Å². The van der Waals surface area contributed by atoms with Crippen molar-refractivity contribution in [2.45, 2.75) is 70.3 Å². The van der Waals surface area contributed by atoms with E-state index in [1.54, 1.807) is 0 Å². The van der Waals surface area contributed by atoms with Crippen LogP contribution in [0.15, 0.2) is 24.3 Å². The minimum atomic E-state index is -0.717. The van der Waals surface area contributed by atoms with Crippen LogP contribution in [0.25, 0.3) is 0 Å². The molecule has 0 heterocycles. The molecule has 0 amide bonds. The fraction of sp³-hybridized carbons (Fsp3) is 0.727. The largest absolute Gasteiger partial charge is 0.494 e. The molecule has 0 spiro atoms. The van der Waals surface area contributed by atoms with E-state index < -0.39 is 5.60 Å². The lowest BCUT2D eigenvalue weighted by atomic mass is 9.71. The van der Waals surface area contributed by atoms with Crippen molar-refractivity contribution in [3.63, 3.8) is 0 Å². The number of nitrogens with zero attached hydrogens (tertiary/aromatic N) is 1. The lowest BCUT2D eigenvalue weighted by molar-refractivity contribution is -0.0500. The number of unbranched alkanes of at least 4 members (excludes halogenated alkanes) is 2. The van der Waals surface area contributed by atoms with Gasteiger partial charge in [-0.1, -0.05) is 51.2 Å². The van der Waals surface area contributed by atoms with Crippen LogP contribution < -0.4 is 4.74 Å². The van der Waals surface area contributed by atoms with E-state index in [1.165, 1.54) is 32.1 Å². The first-order valence-corrected chi connectivity index (χ1v) is 10.2. The van der Waals surface area contributed by atoms with Crippen molar-refractivity contribution in [1.29, 1.82) is 0 Å². The number of ether oxygens (including phenoxy) is 1. The zero-order chi connectivity index (χ0) is 18.1. The molecular weight excluding hydrogens is 346 g/mol. The Labute approximate surface area is 166 Å². The maximum Gasteiger partial charge on any atom is 0.119 e. The van der Waals surface area contributed by atoms with Crippen molar-refractivity contribution in [3.05, 3.63) is 29.8 Å². The fourth-order valence-electron chi connectivity index (χ4n) is 3.94. The van der Waals surface area contributed by atoms with Gasteiger partial charge in [0.15, 0.2) is 0 Å². The molecule has 0 radical (unpaired) electrons. The highest BCUT2D eigenvalue weighted by molar-refractivity contribution is 5.85. The van der Waals surface area contributed by atoms with Crippen LogP contribution in [0.1, 0.15) is 70.3 Å². The highest BCUT2D eigenvalue weighted by Crippen LogP contribution is 2.42.